The van der Waals surface area contributed by atoms with Gasteiger partial charge in [0, 0.05) is 36.8 Å². The molecule has 0 spiro atoms. The molecule has 1 amide bonds. The van der Waals surface area contributed by atoms with Crippen molar-refractivity contribution in [1.29, 1.82) is 0 Å². The molecule has 1 aliphatic rings. The third-order valence-electron chi connectivity index (χ3n) is 4.83. The quantitative estimate of drug-likeness (QED) is 0.575. The molecular weight excluding hydrogens is 415 g/mol. The number of benzene rings is 2. The van der Waals surface area contributed by atoms with Crippen molar-refractivity contribution in [2.45, 2.75) is 6.92 Å². The van der Waals surface area contributed by atoms with Crippen LogP contribution in [0.15, 0.2) is 36.4 Å². The molecule has 2 aromatic carbocycles. The van der Waals surface area contributed by atoms with Gasteiger partial charge >= 0.3 is 5.97 Å². The predicted octanol–water partition coefficient (Wildman–Crippen LogP) is 2.89. The molecule has 0 aliphatic carbocycles. The number of halogens is 2. The van der Waals surface area contributed by atoms with Crippen LogP contribution in [0.2, 0.25) is 5.02 Å². The Bertz CT molecular complexity index is 989. The molecule has 0 bridgehead atoms. The van der Waals surface area contributed by atoms with Crippen molar-refractivity contribution < 1.29 is 28.6 Å². The Hall–Kier alpha value is -3.13. The summed E-state index contributed by atoms with van der Waals surface area (Å²) < 4.78 is 19.3. The molecule has 0 aromatic heterocycles. The molecule has 0 atom stereocenters. The van der Waals surface area contributed by atoms with Crippen LogP contribution in [0.25, 0.3) is 0 Å². The van der Waals surface area contributed by atoms with Gasteiger partial charge in [0.05, 0.1) is 5.69 Å². The number of piperazine rings is 1. The summed E-state index contributed by atoms with van der Waals surface area (Å²) in [4.78, 5) is 39.1. The monoisotopic (exact) mass is 434 g/mol. The highest BCUT2D eigenvalue weighted by atomic mass is 35.5. The molecule has 1 aliphatic heterocycles. The Balaban J connectivity index is 1.53. The predicted molar refractivity (Wildman–Crippen MR) is 109 cm³/mol. The molecule has 30 heavy (non-hydrogen) atoms. The summed E-state index contributed by atoms with van der Waals surface area (Å²) in [6.07, 6.45) is 0. The lowest BCUT2D eigenvalue weighted by Gasteiger charge is -2.36. The first-order valence-electron chi connectivity index (χ1n) is 9.25. The molecule has 0 unspecified atom stereocenters. The molecule has 0 saturated carbocycles. The van der Waals surface area contributed by atoms with Gasteiger partial charge in [0.15, 0.2) is 12.4 Å². The first-order valence-corrected chi connectivity index (χ1v) is 9.63. The van der Waals surface area contributed by atoms with E-state index in [4.69, 9.17) is 16.3 Å². The number of esters is 1. The second-order valence-electron chi connectivity index (χ2n) is 6.83. The Morgan fingerprint density at radius 3 is 2.40 bits per heavy atom. The van der Waals surface area contributed by atoms with Gasteiger partial charge in [0.2, 0.25) is 0 Å². The van der Waals surface area contributed by atoms with Crippen LogP contribution in [-0.4, -0.2) is 60.5 Å². The molecule has 9 heteroatoms. The van der Waals surface area contributed by atoms with E-state index in [-0.39, 0.29) is 28.0 Å². The van der Waals surface area contributed by atoms with Crippen LogP contribution in [0.1, 0.15) is 27.6 Å². The summed E-state index contributed by atoms with van der Waals surface area (Å²) in [5, 5.41) is 10.0. The van der Waals surface area contributed by atoms with Crippen molar-refractivity contribution in [1.82, 2.24) is 4.90 Å². The fourth-order valence-electron chi connectivity index (χ4n) is 3.15. The third-order valence-corrected chi connectivity index (χ3v) is 5.07. The number of hydrogen-bond acceptors (Lipinski definition) is 6. The summed E-state index contributed by atoms with van der Waals surface area (Å²) in [7, 11) is 0. The molecule has 7 nitrogen and oxygen atoms in total. The number of ketones is 1. The first kappa shape index (κ1) is 21.6. The van der Waals surface area contributed by atoms with Crippen LogP contribution in [0.5, 0.6) is 5.75 Å². The number of carbonyl (C=O) groups excluding carboxylic acids is 3. The molecule has 158 valence electrons. The average Bonchev–Trinajstić information content (AvgIpc) is 2.71. The summed E-state index contributed by atoms with van der Waals surface area (Å²) in [5.41, 5.74) is 0.594. The highest BCUT2D eigenvalue weighted by molar-refractivity contribution is 6.30. The van der Waals surface area contributed by atoms with E-state index >= 15 is 0 Å². The maximum Gasteiger partial charge on any atom is 0.342 e. The zero-order chi connectivity index (χ0) is 21.8. The number of nitrogens with zero attached hydrogens (tertiary/aromatic N) is 2. The standard InChI is InChI=1S/C21H20ClFN2O5/c1-13(26)14-2-5-18(17(23)10-14)24-6-8-25(9-7-24)20(28)12-30-21(29)16-4-3-15(22)11-19(16)27/h2-5,10-11,27H,6-9,12H2,1H3. The molecule has 3 rings (SSSR count). The maximum absolute atomic E-state index is 14.3. The minimum atomic E-state index is -0.830. The molecule has 0 radical (unpaired) electrons. The Kier molecular flexibility index (Phi) is 6.56. The van der Waals surface area contributed by atoms with Crippen molar-refractivity contribution in [2.24, 2.45) is 0 Å². The minimum absolute atomic E-state index is 0.0819. The van der Waals surface area contributed by atoms with Crippen molar-refractivity contribution in [3.8, 4) is 5.75 Å². The number of carbonyl (C=O) groups is 3. The van der Waals surface area contributed by atoms with Gasteiger partial charge in [-0.15, -0.1) is 0 Å². The molecule has 2 aromatic rings. The van der Waals surface area contributed by atoms with Crippen LogP contribution in [0.3, 0.4) is 0 Å². The normalized spacial score (nSPS) is 13.8. The zero-order valence-corrected chi connectivity index (χ0v) is 17.0. The van der Waals surface area contributed by atoms with Gasteiger partial charge in [-0.05, 0) is 43.3 Å². The minimum Gasteiger partial charge on any atom is -0.507 e. The number of phenolic OH excluding ortho intramolecular Hbond substituents is 1. The summed E-state index contributed by atoms with van der Waals surface area (Å²) >= 11 is 5.72. The average molecular weight is 435 g/mol. The smallest absolute Gasteiger partial charge is 0.342 e. The number of hydrogen-bond donors (Lipinski definition) is 1. The van der Waals surface area contributed by atoms with Gasteiger partial charge in [0.1, 0.15) is 17.1 Å². The molecule has 1 heterocycles. The van der Waals surface area contributed by atoms with E-state index in [1.54, 1.807) is 17.0 Å². The van der Waals surface area contributed by atoms with Crippen molar-refractivity contribution in [3.05, 3.63) is 58.4 Å². The topological polar surface area (TPSA) is 87.2 Å². The van der Waals surface area contributed by atoms with E-state index in [2.05, 4.69) is 0 Å². The number of rotatable bonds is 5. The van der Waals surface area contributed by atoms with Crippen LogP contribution in [-0.2, 0) is 9.53 Å². The second-order valence-corrected chi connectivity index (χ2v) is 7.26. The number of anilines is 1. The number of ether oxygens (including phenoxy) is 1. The molecular formula is C21H20ClFN2O5. The van der Waals surface area contributed by atoms with Crippen LogP contribution >= 0.6 is 11.6 Å². The Morgan fingerprint density at radius 2 is 1.80 bits per heavy atom. The molecule has 1 fully saturated rings. The molecule has 1 saturated heterocycles. The van der Waals surface area contributed by atoms with Crippen molar-refractivity contribution in [3.63, 3.8) is 0 Å². The number of amides is 1. The van der Waals surface area contributed by atoms with Crippen molar-refractivity contribution in [2.75, 3.05) is 37.7 Å². The summed E-state index contributed by atoms with van der Waals surface area (Å²) in [6.45, 7) is 2.36. The largest absolute Gasteiger partial charge is 0.507 e. The first-order chi connectivity index (χ1) is 14.3. The number of phenols is 1. The summed E-state index contributed by atoms with van der Waals surface area (Å²) in [6, 6.07) is 8.30. The SMILES string of the molecule is CC(=O)c1ccc(N2CCN(C(=O)COC(=O)c3ccc(Cl)cc3O)CC2)c(F)c1. The van der Waals surface area contributed by atoms with E-state index in [1.807, 2.05) is 0 Å². The highest BCUT2D eigenvalue weighted by Crippen LogP contribution is 2.24. The van der Waals surface area contributed by atoms with E-state index in [0.29, 0.717) is 37.4 Å². The van der Waals surface area contributed by atoms with Gasteiger partial charge in [-0.3, -0.25) is 9.59 Å². The Morgan fingerprint density at radius 1 is 1.10 bits per heavy atom. The lowest BCUT2D eigenvalue weighted by molar-refractivity contribution is -0.134. The molecule has 1 N–H and O–H groups in total. The maximum atomic E-state index is 14.3. The van der Waals surface area contributed by atoms with Gasteiger partial charge in [0.25, 0.3) is 5.91 Å². The zero-order valence-electron chi connectivity index (χ0n) is 16.2. The number of Topliss-reactive ketones (excluding diaryl/α,β-unsaturated/α-hetero) is 1. The van der Waals surface area contributed by atoms with Crippen molar-refractivity contribution >= 4 is 34.9 Å². The lowest BCUT2D eigenvalue weighted by atomic mass is 10.1. The van der Waals surface area contributed by atoms with E-state index < -0.39 is 18.4 Å². The number of aromatic hydroxyl groups is 1. The van der Waals surface area contributed by atoms with E-state index in [1.165, 1.54) is 36.1 Å². The second kappa shape index (κ2) is 9.13. The summed E-state index contributed by atoms with van der Waals surface area (Å²) in [5.74, 6) is -2.24. The highest BCUT2D eigenvalue weighted by Gasteiger charge is 2.24. The fraction of sp³-hybridized carbons (Fsp3) is 0.286. The van der Waals surface area contributed by atoms with Gasteiger partial charge in [-0.2, -0.15) is 0 Å². The van der Waals surface area contributed by atoms with Crippen LogP contribution in [0, 0.1) is 5.82 Å². The Labute approximate surface area is 177 Å². The lowest BCUT2D eigenvalue weighted by Crippen LogP contribution is -2.50. The van der Waals surface area contributed by atoms with Gasteiger partial charge in [-0.1, -0.05) is 11.6 Å². The van der Waals surface area contributed by atoms with E-state index in [0.717, 1.165) is 0 Å². The van der Waals surface area contributed by atoms with Crippen LogP contribution < -0.4 is 4.90 Å². The fourth-order valence-corrected chi connectivity index (χ4v) is 3.32. The van der Waals surface area contributed by atoms with Gasteiger partial charge < -0.3 is 19.6 Å². The third kappa shape index (κ3) is 4.88. The van der Waals surface area contributed by atoms with Gasteiger partial charge in [-0.25, -0.2) is 9.18 Å². The van der Waals surface area contributed by atoms with E-state index in [9.17, 15) is 23.9 Å². The van der Waals surface area contributed by atoms with Crippen LogP contribution in [0.4, 0.5) is 10.1 Å².